The Kier molecular flexibility index (Phi) is 4.67. The third-order valence-electron chi connectivity index (χ3n) is 3.41. The van der Waals surface area contributed by atoms with Crippen LogP contribution >= 0.6 is 22.9 Å². The van der Waals surface area contributed by atoms with E-state index in [0.29, 0.717) is 0 Å². The molecule has 1 unspecified atom stereocenters. The molecule has 0 aliphatic heterocycles. The van der Waals surface area contributed by atoms with Gasteiger partial charge in [0, 0.05) is 14.8 Å². The maximum absolute atomic E-state index is 6.26. The van der Waals surface area contributed by atoms with Gasteiger partial charge in [0.25, 0.3) is 0 Å². The van der Waals surface area contributed by atoms with E-state index in [-0.39, 0.29) is 6.04 Å². The van der Waals surface area contributed by atoms with Crippen molar-refractivity contribution in [2.45, 2.75) is 33.7 Å². The molecule has 19 heavy (non-hydrogen) atoms. The molecule has 1 N–H and O–H groups in total. The topological polar surface area (TPSA) is 12.0 Å². The molecule has 1 nitrogen and oxygen atoms in total. The second kappa shape index (κ2) is 6.08. The Bertz CT molecular complexity index is 555. The first kappa shape index (κ1) is 14.6. The smallest absolute Gasteiger partial charge is 0.0671 e. The average Bonchev–Trinajstić information content (AvgIpc) is 2.70. The van der Waals surface area contributed by atoms with E-state index in [2.05, 4.69) is 50.4 Å². The number of thiophene rings is 1. The standard InChI is InChI=1S/C16H20ClNS/c1-5-18-16(15-8-11(3)12(4)19-15)13-7-6-10(2)14(17)9-13/h6-9,16,18H,5H2,1-4H3. The van der Waals surface area contributed by atoms with Gasteiger partial charge in [-0.05, 0) is 56.1 Å². The van der Waals surface area contributed by atoms with Crippen molar-refractivity contribution in [2.24, 2.45) is 0 Å². The van der Waals surface area contributed by atoms with E-state index in [1.807, 2.05) is 18.3 Å². The van der Waals surface area contributed by atoms with Crippen LogP contribution in [-0.2, 0) is 0 Å². The van der Waals surface area contributed by atoms with Gasteiger partial charge in [-0.25, -0.2) is 0 Å². The van der Waals surface area contributed by atoms with Gasteiger partial charge in [-0.3, -0.25) is 0 Å². The van der Waals surface area contributed by atoms with E-state index < -0.39 is 0 Å². The predicted molar refractivity (Wildman–Crippen MR) is 85.5 cm³/mol. The normalized spacial score (nSPS) is 12.7. The Morgan fingerprint density at radius 3 is 2.42 bits per heavy atom. The third kappa shape index (κ3) is 3.19. The monoisotopic (exact) mass is 293 g/mol. The molecule has 2 rings (SSSR count). The fraction of sp³-hybridized carbons (Fsp3) is 0.375. The zero-order valence-corrected chi connectivity index (χ0v) is 13.5. The van der Waals surface area contributed by atoms with Crippen LogP contribution in [-0.4, -0.2) is 6.54 Å². The first-order chi connectivity index (χ1) is 9.02. The lowest BCUT2D eigenvalue weighted by molar-refractivity contribution is 0.639. The lowest BCUT2D eigenvalue weighted by Gasteiger charge is -2.17. The van der Waals surface area contributed by atoms with Crippen LogP contribution in [0.25, 0.3) is 0 Å². The van der Waals surface area contributed by atoms with Crippen molar-refractivity contribution in [1.82, 2.24) is 5.32 Å². The molecule has 2 aromatic rings. The summed E-state index contributed by atoms with van der Waals surface area (Å²) in [5.41, 5.74) is 3.72. The highest BCUT2D eigenvalue weighted by molar-refractivity contribution is 7.12. The minimum atomic E-state index is 0.237. The molecule has 1 heterocycles. The molecular weight excluding hydrogens is 274 g/mol. The summed E-state index contributed by atoms with van der Waals surface area (Å²) in [6.07, 6.45) is 0. The van der Waals surface area contributed by atoms with E-state index in [4.69, 9.17) is 11.6 Å². The summed E-state index contributed by atoms with van der Waals surface area (Å²) in [5.74, 6) is 0. The summed E-state index contributed by atoms with van der Waals surface area (Å²) in [6, 6.07) is 8.85. The summed E-state index contributed by atoms with van der Waals surface area (Å²) >= 11 is 8.12. The molecule has 1 aromatic carbocycles. The molecule has 0 saturated heterocycles. The van der Waals surface area contributed by atoms with Crippen LogP contribution < -0.4 is 5.32 Å². The molecule has 0 aliphatic rings. The van der Waals surface area contributed by atoms with Crippen molar-refractivity contribution in [1.29, 1.82) is 0 Å². The quantitative estimate of drug-likeness (QED) is 0.834. The molecule has 0 spiro atoms. The van der Waals surface area contributed by atoms with Crippen LogP contribution in [0.15, 0.2) is 24.3 Å². The van der Waals surface area contributed by atoms with E-state index in [1.165, 1.54) is 20.9 Å². The average molecular weight is 294 g/mol. The van der Waals surface area contributed by atoms with Crippen LogP contribution in [0.3, 0.4) is 0 Å². The van der Waals surface area contributed by atoms with Crippen molar-refractivity contribution in [3.05, 3.63) is 55.7 Å². The second-order valence-corrected chi connectivity index (χ2v) is 6.58. The van der Waals surface area contributed by atoms with Gasteiger partial charge >= 0.3 is 0 Å². The van der Waals surface area contributed by atoms with Gasteiger partial charge in [-0.15, -0.1) is 11.3 Å². The number of rotatable bonds is 4. The zero-order valence-electron chi connectivity index (χ0n) is 11.9. The number of aryl methyl sites for hydroxylation is 3. The van der Waals surface area contributed by atoms with Gasteiger partial charge in [0.2, 0.25) is 0 Å². The van der Waals surface area contributed by atoms with Gasteiger partial charge in [0.05, 0.1) is 6.04 Å². The fourth-order valence-corrected chi connectivity index (χ4v) is 3.45. The van der Waals surface area contributed by atoms with Crippen LogP contribution in [0.4, 0.5) is 0 Å². The number of halogens is 1. The van der Waals surface area contributed by atoms with Gasteiger partial charge < -0.3 is 5.32 Å². The predicted octanol–water partition coefficient (Wildman–Crippen LogP) is 5.03. The van der Waals surface area contributed by atoms with Crippen molar-refractivity contribution in [2.75, 3.05) is 6.54 Å². The zero-order chi connectivity index (χ0) is 14.0. The number of hydrogen-bond donors (Lipinski definition) is 1. The maximum atomic E-state index is 6.26. The van der Waals surface area contributed by atoms with E-state index in [0.717, 1.165) is 17.1 Å². The second-order valence-electron chi connectivity index (χ2n) is 4.89. The minimum Gasteiger partial charge on any atom is -0.306 e. The summed E-state index contributed by atoms with van der Waals surface area (Å²) < 4.78 is 0. The van der Waals surface area contributed by atoms with Crippen molar-refractivity contribution in [3.8, 4) is 0 Å². The summed E-state index contributed by atoms with van der Waals surface area (Å²) in [7, 11) is 0. The van der Waals surface area contributed by atoms with Crippen molar-refractivity contribution < 1.29 is 0 Å². The third-order valence-corrected chi connectivity index (χ3v) is 5.03. The fourth-order valence-electron chi connectivity index (χ4n) is 2.12. The molecular formula is C16H20ClNS. The van der Waals surface area contributed by atoms with Crippen molar-refractivity contribution in [3.63, 3.8) is 0 Å². The molecule has 0 saturated carbocycles. The maximum Gasteiger partial charge on any atom is 0.0671 e. The summed E-state index contributed by atoms with van der Waals surface area (Å²) in [4.78, 5) is 2.74. The Hall–Kier alpha value is -0.830. The molecule has 0 aliphatic carbocycles. The molecule has 1 aromatic heterocycles. The SMILES string of the molecule is CCNC(c1ccc(C)c(Cl)c1)c1cc(C)c(C)s1. The first-order valence-corrected chi connectivity index (χ1v) is 7.78. The Morgan fingerprint density at radius 2 is 1.89 bits per heavy atom. The summed E-state index contributed by atoms with van der Waals surface area (Å²) in [6.45, 7) is 9.45. The number of hydrogen-bond acceptors (Lipinski definition) is 2. The highest BCUT2D eigenvalue weighted by Crippen LogP contribution is 2.32. The lowest BCUT2D eigenvalue weighted by atomic mass is 10.0. The van der Waals surface area contributed by atoms with Gasteiger partial charge in [-0.1, -0.05) is 30.7 Å². The van der Waals surface area contributed by atoms with Gasteiger partial charge in [0.1, 0.15) is 0 Å². The van der Waals surface area contributed by atoms with Crippen LogP contribution in [0.5, 0.6) is 0 Å². The summed E-state index contributed by atoms with van der Waals surface area (Å²) in [5, 5.41) is 4.39. The van der Waals surface area contributed by atoms with E-state index >= 15 is 0 Å². The van der Waals surface area contributed by atoms with Crippen LogP contribution in [0.1, 0.15) is 39.4 Å². The number of nitrogens with one attached hydrogen (secondary N) is 1. The Balaban J connectivity index is 2.41. The highest BCUT2D eigenvalue weighted by Gasteiger charge is 2.16. The van der Waals surface area contributed by atoms with E-state index in [1.54, 1.807) is 0 Å². The first-order valence-electron chi connectivity index (χ1n) is 6.59. The van der Waals surface area contributed by atoms with Gasteiger partial charge in [0.15, 0.2) is 0 Å². The Morgan fingerprint density at radius 1 is 1.16 bits per heavy atom. The molecule has 0 radical (unpaired) electrons. The van der Waals surface area contributed by atoms with Crippen LogP contribution in [0.2, 0.25) is 5.02 Å². The van der Waals surface area contributed by atoms with Gasteiger partial charge in [-0.2, -0.15) is 0 Å². The molecule has 3 heteroatoms. The Labute approximate surface area is 124 Å². The van der Waals surface area contributed by atoms with Crippen molar-refractivity contribution >= 4 is 22.9 Å². The molecule has 0 fully saturated rings. The molecule has 102 valence electrons. The van der Waals surface area contributed by atoms with E-state index in [9.17, 15) is 0 Å². The molecule has 0 bridgehead atoms. The molecule has 0 amide bonds. The minimum absolute atomic E-state index is 0.237. The lowest BCUT2D eigenvalue weighted by Crippen LogP contribution is -2.21. The van der Waals surface area contributed by atoms with Crippen LogP contribution in [0, 0.1) is 20.8 Å². The highest BCUT2D eigenvalue weighted by atomic mass is 35.5. The number of benzene rings is 1. The largest absolute Gasteiger partial charge is 0.306 e. The molecule has 1 atom stereocenters.